The van der Waals surface area contributed by atoms with Crippen molar-refractivity contribution >= 4 is 23.8 Å². The SMILES string of the molecule is CCCCCCC(NC(=O)c1cc(OC(C)=O)cc(OC(C)=O)c1)C(=O)O. The number of carbonyl (C=O) groups excluding carboxylic acids is 3. The van der Waals surface area contributed by atoms with E-state index in [0.717, 1.165) is 19.3 Å². The Labute approximate surface area is 157 Å². The van der Waals surface area contributed by atoms with Crippen LogP contribution >= 0.6 is 0 Å². The van der Waals surface area contributed by atoms with Crippen molar-refractivity contribution < 1.29 is 33.8 Å². The van der Waals surface area contributed by atoms with Crippen molar-refractivity contribution in [3.05, 3.63) is 23.8 Å². The van der Waals surface area contributed by atoms with Gasteiger partial charge in [0.15, 0.2) is 0 Å². The van der Waals surface area contributed by atoms with Crippen LogP contribution in [0.5, 0.6) is 11.5 Å². The first kappa shape index (κ1) is 22.1. The molecule has 0 aliphatic heterocycles. The monoisotopic (exact) mass is 379 g/mol. The van der Waals surface area contributed by atoms with Gasteiger partial charge in [-0.25, -0.2) is 4.79 Å². The van der Waals surface area contributed by atoms with E-state index in [0.29, 0.717) is 12.8 Å². The van der Waals surface area contributed by atoms with E-state index >= 15 is 0 Å². The number of amides is 1. The Morgan fingerprint density at radius 3 is 1.96 bits per heavy atom. The largest absolute Gasteiger partial charge is 0.480 e. The van der Waals surface area contributed by atoms with Gasteiger partial charge in [-0.15, -0.1) is 0 Å². The van der Waals surface area contributed by atoms with Crippen LogP contribution in [0.2, 0.25) is 0 Å². The average Bonchev–Trinajstić information content (AvgIpc) is 2.55. The molecule has 1 aromatic carbocycles. The lowest BCUT2D eigenvalue weighted by Crippen LogP contribution is -2.40. The molecule has 0 bridgehead atoms. The van der Waals surface area contributed by atoms with Gasteiger partial charge in [0, 0.05) is 25.5 Å². The quantitative estimate of drug-likeness (QED) is 0.364. The van der Waals surface area contributed by atoms with Crippen molar-refractivity contribution in [2.45, 2.75) is 58.9 Å². The summed E-state index contributed by atoms with van der Waals surface area (Å²) in [5.41, 5.74) is 0.0183. The number of hydrogen-bond acceptors (Lipinski definition) is 6. The maximum Gasteiger partial charge on any atom is 0.326 e. The van der Waals surface area contributed by atoms with Gasteiger partial charge >= 0.3 is 17.9 Å². The minimum atomic E-state index is -1.13. The van der Waals surface area contributed by atoms with Crippen LogP contribution < -0.4 is 14.8 Å². The van der Waals surface area contributed by atoms with Crippen molar-refractivity contribution in [2.24, 2.45) is 0 Å². The Morgan fingerprint density at radius 2 is 1.52 bits per heavy atom. The molecule has 27 heavy (non-hydrogen) atoms. The number of aliphatic carboxylic acids is 1. The highest BCUT2D eigenvalue weighted by Crippen LogP contribution is 2.24. The first-order valence-electron chi connectivity index (χ1n) is 8.78. The maximum atomic E-state index is 12.5. The van der Waals surface area contributed by atoms with Gasteiger partial charge in [-0.05, 0) is 18.6 Å². The van der Waals surface area contributed by atoms with Gasteiger partial charge in [0.2, 0.25) is 0 Å². The van der Waals surface area contributed by atoms with Crippen LogP contribution in [0.25, 0.3) is 0 Å². The summed E-state index contributed by atoms with van der Waals surface area (Å²) in [6.07, 6.45) is 3.88. The Kier molecular flexibility index (Phi) is 8.98. The highest BCUT2D eigenvalue weighted by Gasteiger charge is 2.21. The lowest BCUT2D eigenvalue weighted by molar-refractivity contribution is -0.139. The van der Waals surface area contributed by atoms with E-state index in [1.165, 1.54) is 32.0 Å². The molecule has 148 valence electrons. The minimum Gasteiger partial charge on any atom is -0.480 e. The Balaban J connectivity index is 2.95. The van der Waals surface area contributed by atoms with Gasteiger partial charge in [0.25, 0.3) is 5.91 Å². The smallest absolute Gasteiger partial charge is 0.326 e. The van der Waals surface area contributed by atoms with E-state index in [1.807, 2.05) is 6.92 Å². The Morgan fingerprint density at radius 1 is 0.963 bits per heavy atom. The molecular weight excluding hydrogens is 354 g/mol. The van der Waals surface area contributed by atoms with Gasteiger partial charge in [-0.1, -0.05) is 32.6 Å². The zero-order valence-corrected chi connectivity index (χ0v) is 15.7. The first-order chi connectivity index (χ1) is 12.7. The minimum absolute atomic E-state index is 0.0150. The van der Waals surface area contributed by atoms with Crippen LogP contribution in [0.15, 0.2) is 18.2 Å². The molecule has 0 aliphatic carbocycles. The highest BCUT2D eigenvalue weighted by atomic mass is 16.5. The third-order valence-electron chi connectivity index (χ3n) is 3.62. The van der Waals surface area contributed by atoms with Gasteiger partial charge in [-0.3, -0.25) is 14.4 Å². The molecule has 0 saturated carbocycles. The summed E-state index contributed by atoms with van der Waals surface area (Å²) in [4.78, 5) is 46.2. The number of esters is 2. The zero-order chi connectivity index (χ0) is 20.4. The van der Waals surface area contributed by atoms with E-state index in [1.54, 1.807) is 0 Å². The van der Waals surface area contributed by atoms with Crippen LogP contribution in [0, 0.1) is 0 Å². The van der Waals surface area contributed by atoms with Gasteiger partial charge in [0.05, 0.1) is 0 Å². The number of carboxylic acid groups (broad SMARTS) is 1. The van der Waals surface area contributed by atoms with Crippen LogP contribution in [0.3, 0.4) is 0 Å². The second-order valence-corrected chi connectivity index (χ2v) is 6.09. The summed E-state index contributed by atoms with van der Waals surface area (Å²) in [7, 11) is 0. The molecule has 0 aromatic heterocycles. The van der Waals surface area contributed by atoms with Crippen LogP contribution in [-0.4, -0.2) is 35.0 Å². The summed E-state index contributed by atoms with van der Waals surface area (Å²) >= 11 is 0. The highest BCUT2D eigenvalue weighted by molar-refractivity contribution is 5.97. The number of benzene rings is 1. The normalized spacial score (nSPS) is 11.4. The molecule has 1 atom stereocenters. The molecule has 0 spiro atoms. The van der Waals surface area contributed by atoms with E-state index < -0.39 is 29.9 Å². The molecule has 0 saturated heterocycles. The Hall–Kier alpha value is -2.90. The molecular formula is C19H25NO7. The number of carbonyl (C=O) groups is 4. The number of hydrogen-bond donors (Lipinski definition) is 2. The summed E-state index contributed by atoms with van der Waals surface area (Å²) in [5.74, 6) is -2.99. The molecule has 0 fully saturated rings. The van der Waals surface area contributed by atoms with Crippen LogP contribution in [0.1, 0.15) is 63.2 Å². The molecule has 2 N–H and O–H groups in total. The zero-order valence-electron chi connectivity index (χ0n) is 15.7. The van der Waals surface area contributed by atoms with Crippen LogP contribution in [-0.2, 0) is 14.4 Å². The predicted octanol–water partition coefficient (Wildman–Crippen LogP) is 2.69. The van der Waals surface area contributed by atoms with Crippen molar-refractivity contribution in [2.75, 3.05) is 0 Å². The third kappa shape index (κ3) is 8.35. The average molecular weight is 379 g/mol. The number of unbranched alkanes of at least 4 members (excludes halogenated alkanes) is 3. The lowest BCUT2D eigenvalue weighted by Gasteiger charge is -2.15. The fourth-order valence-corrected chi connectivity index (χ4v) is 2.43. The third-order valence-corrected chi connectivity index (χ3v) is 3.62. The summed E-state index contributed by atoms with van der Waals surface area (Å²) < 4.78 is 9.89. The maximum absolute atomic E-state index is 12.5. The van der Waals surface area contributed by atoms with Gasteiger partial charge in [0.1, 0.15) is 17.5 Å². The number of rotatable bonds is 10. The fraction of sp³-hybridized carbons (Fsp3) is 0.474. The summed E-state index contributed by atoms with van der Waals surface area (Å²) in [6, 6.07) is 2.81. The first-order valence-corrected chi connectivity index (χ1v) is 8.78. The lowest BCUT2D eigenvalue weighted by atomic mass is 10.1. The molecule has 0 radical (unpaired) electrons. The molecule has 1 aromatic rings. The molecule has 1 rings (SSSR count). The summed E-state index contributed by atoms with van der Waals surface area (Å²) in [6.45, 7) is 4.43. The molecule has 8 nitrogen and oxygen atoms in total. The topological polar surface area (TPSA) is 119 Å². The van der Waals surface area contributed by atoms with Gasteiger partial charge < -0.3 is 19.9 Å². The van der Waals surface area contributed by atoms with E-state index in [4.69, 9.17) is 9.47 Å². The number of carboxylic acids is 1. The Bertz CT molecular complexity index is 665. The van der Waals surface area contributed by atoms with Crippen LogP contribution in [0.4, 0.5) is 0 Å². The number of nitrogens with one attached hydrogen (secondary N) is 1. The van der Waals surface area contributed by atoms with Gasteiger partial charge in [-0.2, -0.15) is 0 Å². The second kappa shape index (κ2) is 10.9. The molecule has 1 unspecified atom stereocenters. The van der Waals surface area contributed by atoms with E-state index in [9.17, 15) is 24.3 Å². The number of ether oxygens (including phenoxy) is 2. The van der Waals surface area contributed by atoms with E-state index in [-0.39, 0.29) is 17.1 Å². The van der Waals surface area contributed by atoms with Crippen molar-refractivity contribution in [1.82, 2.24) is 5.32 Å². The summed E-state index contributed by atoms with van der Waals surface area (Å²) in [5, 5.41) is 11.8. The van der Waals surface area contributed by atoms with Crippen molar-refractivity contribution in [3.8, 4) is 11.5 Å². The van der Waals surface area contributed by atoms with Crippen molar-refractivity contribution in [3.63, 3.8) is 0 Å². The molecule has 1 amide bonds. The predicted molar refractivity (Wildman–Crippen MR) is 96.7 cm³/mol. The van der Waals surface area contributed by atoms with Crippen molar-refractivity contribution in [1.29, 1.82) is 0 Å². The second-order valence-electron chi connectivity index (χ2n) is 6.09. The molecule has 8 heteroatoms. The molecule has 0 heterocycles. The molecule has 0 aliphatic rings. The fourth-order valence-electron chi connectivity index (χ4n) is 2.43. The van der Waals surface area contributed by atoms with E-state index in [2.05, 4.69) is 5.32 Å². The standard InChI is InChI=1S/C19H25NO7/c1-4-5-6-7-8-17(19(24)25)20-18(23)14-9-15(26-12(2)21)11-16(10-14)27-13(3)22/h9-11,17H,4-8H2,1-3H3,(H,20,23)(H,24,25).